The van der Waals surface area contributed by atoms with E-state index in [2.05, 4.69) is 13.8 Å². The van der Waals surface area contributed by atoms with Crippen molar-refractivity contribution in [2.45, 2.75) is 46.3 Å². The van der Waals surface area contributed by atoms with Gasteiger partial charge in [-0.3, -0.25) is 9.59 Å². The molecule has 1 atom stereocenters. The third-order valence-corrected chi connectivity index (χ3v) is 5.79. The summed E-state index contributed by atoms with van der Waals surface area (Å²) in [7, 11) is 0. The molecule has 2 N–H and O–H groups in total. The molecular weight excluding hydrogens is 408 g/mol. The largest absolute Gasteiger partial charge is 0.503 e. The first-order chi connectivity index (χ1) is 15.4. The van der Waals surface area contributed by atoms with Crippen molar-refractivity contribution >= 4 is 11.7 Å². The van der Waals surface area contributed by atoms with E-state index in [-0.39, 0.29) is 17.4 Å². The Kier molecular flexibility index (Phi) is 7.75. The van der Waals surface area contributed by atoms with Crippen LogP contribution in [0.4, 0.5) is 0 Å². The fourth-order valence-electron chi connectivity index (χ4n) is 4.11. The van der Waals surface area contributed by atoms with Crippen molar-refractivity contribution < 1.29 is 28.7 Å². The molecule has 172 valence electrons. The van der Waals surface area contributed by atoms with Crippen LogP contribution in [-0.2, 0) is 4.79 Å². The average Bonchev–Trinajstić information content (AvgIpc) is 3.39. The number of carbonyl (C=O) groups excluding carboxylic acids is 2. The predicted molar refractivity (Wildman–Crippen MR) is 121 cm³/mol. The summed E-state index contributed by atoms with van der Waals surface area (Å²) >= 11 is 0. The van der Waals surface area contributed by atoms with Crippen LogP contribution < -0.4 is 9.64 Å². The van der Waals surface area contributed by atoms with Crippen molar-refractivity contribution in [3.63, 3.8) is 0 Å². The van der Waals surface area contributed by atoms with Gasteiger partial charge in [-0.1, -0.05) is 12.1 Å². The molecule has 0 spiro atoms. The van der Waals surface area contributed by atoms with Crippen molar-refractivity contribution in [1.29, 1.82) is 0 Å². The highest BCUT2D eigenvalue weighted by Gasteiger charge is 2.44. The zero-order chi connectivity index (χ0) is 23.3. The second kappa shape index (κ2) is 10.5. The van der Waals surface area contributed by atoms with Crippen molar-refractivity contribution in [2.75, 3.05) is 26.2 Å². The van der Waals surface area contributed by atoms with E-state index < -0.39 is 23.5 Å². The van der Waals surface area contributed by atoms with E-state index in [0.717, 1.165) is 31.6 Å². The number of amides is 1. The maximum Gasteiger partial charge on any atom is 0.290 e. The number of ether oxygens (including phenoxy) is 1. The number of aliphatic hydroxyl groups excluding tert-OH is 1. The summed E-state index contributed by atoms with van der Waals surface area (Å²) in [5.74, 6) is -0.711. The van der Waals surface area contributed by atoms with Crippen molar-refractivity contribution in [1.82, 2.24) is 4.90 Å². The number of hydrogen-bond acceptors (Lipinski definition) is 5. The van der Waals surface area contributed by atoms with Gasteiger partial charge in [-0.05, 0) is 57.5 Å². The van der Waals surface area contributed by atoms with Crippen LogP contribution in [0, 0.1) is 0 Å². The molecule has 0 radical (unpaired) electrons. The van der Waals surface area contributed by atoms with Crippen LogP contribution in [0.2, 0.25) is 0 Å². The highest BCUT2D eigenvalue weighted by atomic mass is 16.5. The molecule has 1 amide bonds. The predicted octanol–water partition coefficient (Wildman–Crippen LogP) is 2.96. The normalized spacial score (nSPS) is 16.5. The molecule has 0 fully saturated rings. The number of Topliss-reactive ketones (excluding diaryl/α,β-unsaturated/α-hetero) is 1. The Morgan fingerprint density at radius 1 is 1.19 bits per heavy atom. The van der Waals surface area contributed by atoms with Gasteiger partial charge >= 0.3 is 0 Å². The first kappa shape index (κ1) is 23.6. The van der Waals surface area contributed by atoms with Crippen LogP contribution >= 0.6 is 0 Å². The third-order valence-electron chi connectivity index (χ3n) is 5.79. The van der Waals surface area contributed by atoms with Gasteiger partial charge in [0.1, 0.15) is 5.75 Å². The molecule has 3 rings (SSSR count). The number of nitrogens with one attached hydrogen (secondary N) is 1. The Morgan fingerprint density at radius 2 is 1.88 bits per heavy atom. The Hall–Kier alpha value is -3.06. The van der Waals surface area contributed by atoms with Crippen LogP contribution in [0.25, 0.3) is 0 Å². The number of ketones is 1. The SMILES string of the molecule is CC[NH+](CC)CCCN1C(=O)C(O)=C(C(=O)c2ccco2)[C@H]1c1ccc(OC(C)C)cc1. The average molecular weight is 442 g/mol. The summed E-state index contributed by atoms with van der Waals surface area (Å²) < 4.78 is 11.0. The molecule has 1 aromatic heterocycles. The zero-order valence-electron chi connectivity index (χ0n) is 19.3. The maximum atomic E-state index is 13.2. The minimum Gasteiger partial charge on any atom is -0.503 e. The van der Waals surface area contributed by atoms with E-state index in [1.165, 1.54) is 17.2 Å². The van der Waals surface area contributed by atoms with Crippen LogP contribution in [-0.4, -0.2) is 54.0 Å². The van der Waals surface area contributed by atoms with Gasteiger partial charge in [-0.15, -0.1) is 0 Å². The van der Waals surface area contributed by atoms with Gasteiger partial charge in [-0.2, -0.15) is 0 Å². The van der Waals surface area contributed by atoms with Gasteiger partial charge in [0.05, 0.1) is 43.6 Å². The molecule has 0 bridgehead atoms. The van der Waals surface area contributed by atoms with Crippen molar-refractivity contribution in [2.24, 2.45) is 0 Å². The van der Waals surface area contributed by atoms with Gasteiger partial charge in [0.25, 0.3) is 5.91 Å². The number of rotatable bonds is 11. The van der Waals surface area contributed by atoms with Crippen LogP contribution in [0.3, 0.4) is 0 Å². The Labute approximate surface area is 189 Å². The van der Waals surface area contributed by atoms with Gasteiger partial charge < -0.3 is 24.1 Å². The molecular formula is C25H33N2O5+. The summed E-state index contributed by atoms with van der Waals surface area (Å²) in [4.78, 5) is 29.2. The molecule has 2 aromatic rings. The van der Waals surface area contributed by atoms with Crippen LogP contribution in [0.1, 0.15) is 56.3 Å². The fraction of sp³-hybridized carbons (Fsp3) is 0.440. The number of nitrogens with zero attached hydrogens (tertiary/aromatic N) is 1. The van der Waals surface area contributed by atoms with Crippen molar-refractivity contribution in [3.05, 3.63) is 65.3 Å². The molecule has 0 saturated heterocycles. The minimum atomic E-state index is -0.681. The quantitative estimate of drug-likeness (QED) is 0.524. The Bertz CT molecular complexity index is 943. The second-order valence-corrected chi connectivity index (χ2v) is 8.27. The summed E-state index contributed by atoms with van der Waals surface area (Å²) in [6, 6.07) is 9.79. The molecule has 0 saturated carbocycles. The highest BCUT2D eigenvalue weighted by Crippen LogP contribution is 2.39. The summed E-state index contributed by atoms with van der Waals surface area (Å²) in [6.45, 7) is 11.5. The molecule has 1 aliphatic heterocycles. The first-order valence-electron chi connectivity index (χ1n) is 11.3. The van der Waals surface area contributed by atoms with Gasteiger partial charge in [0, 0.05) is 13.0 Å². The lowest BCUT2D eigenvalue weighted by molar-refractivity contribution is -0.896. The highest BCUT2D eigenvalue weighted by molar-refractivity contribution is 6.15. The molecule has 1 aromatic carbocycles. The first-order valence-corrected chi connectivity index (χ1v) is 11.3. The third kappa shape index (κ3) is 5.05. The van der Waals surface area contributed by atoms with Gasteiger partial charge in [0.15, 0.2) is 11.5 Å². The molecule has 7 nitrogen and oxygen atoms in total. The van der Waals surface area contributed by atoms with Gasteiger partial charge in [0.2, 0.25) is 5.78 Å². The van der Waals surface area contributed by atoms with E-state index in [9.17, 15) is 14.7 Å². The number of hydrogen-bond donors (Lipinski definition) is 2. The molecule has 0 aliphatic carbocycles. The van der Waals surface area contributed by atoms with Crippen LogP contribution in [0.15, 0.2) is 58.4 Å². The fourth-order valence-corrected chi connectivity index (χ4v) is 4.11. The number of furan rings is 1. The standard InChI is InChI=1S/C25H32N2O5/c1-5-26(6-2)14-8-15-27-22(18-10-12-19(13-11-18)32-17(3)4)21(24(29)25(27)30)23(28)20-9-7-16-31-20/h7,9-13,16-17,22,29H,5-6,8,14-15H2,1-4H3/p+1/t22-/m1/s1. The molecule has 2 heterocycles. The Morgan fingerprint density at radius 3 is 2.44 bits per heavy atom. The van der Waals surface area contributed by atoms with E-state index in [4.69, 9.17) is 9.15 Å². The molecule has 7 heteroatoms. The molecule has 32 heavy (non-hydrogen) atoms. The number of quaternary nitrogens is 1. The summed E-state index contributed by atoms with van der Waals surface area (Å²) in [5, 5.41) is 10.7. The summed E-state index contributed by atoms with van der Waals surface area (Å²) in [5.41, 5.74) is 0.793. The van der Waals surface area contributed by atoms with E-state index in [1.54, 1.807) is 11.0 Å². The second-order valence-electron chi connectivity index (χ2n) is 8.27. The van der Waals surface area contributed by atoms with Crippen LogP contribution in [0.5, 0.6) is 5.75 Å². The topological polar surface area (TPSA) is 84.4 Å². The van der Waals surface area contributed by atoms with E-state index in [1.807, 2.05) is 38.1 Å². The molecule has 1 aliphatic rings. The Balaban J connectivity index is 1.92. The summed E-state index contributed by atoms with van der Waals surface area (Å²) in [6.07, 6.45) is 2.20. The maximum absolute atomic E-state index is 13.2. The lowest BCUT2D eigenvalue weighted by Crippen LogP contribution is -3.11. The number of aliphatic hydroxyl groups is 1. The zero-order valence-corrected chi connectivity index (χ0v) is 19.3. The molecule has 0 unspecified atom stereocenters. The van der Waals surface area contributed by atoms with E-state index >= 15 is 0 Å². The lowest BCUT2D eigenvalue weighted by Gasteiger charge is -2.27. The number of benzene rings is 1. The van der Waals surface area contributed by atoms with Crippen molar-refractivity contribution in [3.8, 4) is 5.75 Å². The van der Waals surface area contributed by atoms with E-state index in [0.29, 0.717) is 12.3 Å². The van der Waals surface area contributed by atoms with Gasteiger partial charge in [-0.25, -0.2) is 0 Å². The smallest absolute Gasteiger partial charge is 0.290 e. The number of carbonyl (C=O) groups is 2. The lowest BCUT2D eigenvalue weighted by atomic mass is 9.95. The minimum absolute atomic E-state index is 0.0352. The monoisotopic (exact) mass is 441 g/mol.